The Morgan fingerprint density at radius 1 is 0.461 bits per heavy atom. The lowest BCUT2D eigenvalue weighted by Crippen LogP contribution is -2.17. The highest BCUT2D eigenvalue weighted by Gasteiger charge is 2.38. The summed E-state index contributed by atoms with van der Waals surface area (Å²) in [5.41, 5.74) is -2.22. The molecule has 0 aliphatic heterocycles. The van der Waals surface area contributed by atoms with Crippen molar-refractivity contribution in [2.24, 2.45) is 0 Å². The number of allylic oxidation sites excluding steroid dienone is 2. The van der Waals surface area contributed by atoms with Crippen LogP contribution in [0.5, 0.6) is 0 Å². The van der Waals surface area contributed by atoms with Gasteiger partial charge in [0.2, 0.25) is 11.8 Å². The van der Waals surface area contributed by atoms with Gasteiger partial charge in [-0.2, -0.15) is 52.7 Å². The van der Waals surface area contributed by atoms with Crippen LogP contribution in [-0.4, -0.2) is 47.2 Å². The largest absolute Gasteiger partial charge is 0.416 e. The highest BCUT2D eigenvalue weighted by Crippen LogP contribution is 2.40. The maximum atomic E-state index is 13.2. The highest BCUT2D eigenvalue weighted by atomic mass is 19.4. The molecule has 0 bridgehead atoms. The van der Waals surface area contributed by atoms with E-state index in [1.54, 1.807) is 24.7 Å². The van der Waals surface area contributed by atoms with Crippen molar-refractivity contribution in [1.29, 1.82) is 0 Å². The molecule has 408 valence electrons. The monoisotopic (exact) mass is 1080 g/mol. The lowest BCUT2D eigenvalue weighted by Gasteiger charge is -2.19. The normalized spacial score (nSPS) is 14.9. The second-order valence-corrected chi connectivity index (χ2v) is 18.3. The maximum absolute atomic E-state index is 13.2. The molecule has 0 saturated carbocycles. The third-order valence-corrected chi connectivity index (χ3v) is 12.7. The number of aryl methyl sites for hydroxylation is 2. The van der Waals surface area contributed by atoms with Crippen molar-refractivity contribution in [2.75, 3.05) is 7.05 Å². The van der Waals surface area contributed by atoms with Crippen LogP contribution in [0.15, 0.2) is 83.9 Å². The quantitative estimate of drug-likeness (QED) is 0.0224. The van der Waals surface area contributed by atoms with Gasteiger partial charge in [-0.1, -0.05) is 49.9 Å². The average Bonchev–Trinajstić information content (AvgIpc) is 3.36. The minimum atomic E-state index is -4.99. The Bertz CT molecular complexity index is 2620. The first-order valence-electron chi connectivity index (χ1n) is 24.1. The molecule has 3 N–H and O–H groups in total. The van der Waals surface area contributed by atoms with Crippen molar-refractivity contribution in [3.8, 4) is 0 Å². The van der Waals surface area contributed by atoms with Crippen molar-refractivity contribution < 1.29 is 86.7 Å². The van der Waals surface area contributed by atoms with Crippen molar-refractivity contribution in [3.63, 3.8) is 0 Å². The number of hydroxylamine groups is 1. The fourth-order valence-corrected chi connectivity index (χ4v) is 8.62. The lowest BCUT2D eigenvalue weighted by atomic mass is 9.84. The van der Waals surface area contributed by atoms with E-state index >= 15 is 0 Å². The van der Waals surface area contributed by atoms with Gasteiger partial charge in [-0.15, -0.1) is 0 Å². The first-order chi connectivity index (χ1) is 35.6. The second-order valence-electron chi connectivity index (χ2n) is 18.3. The Kier molecular flexibility index (Phi) is 20.3. The molecule has 9 nitrogen and oxygen atoms in total. The van der Waals surface area contributed by atoms with Crippen LogP contribution < -0.4 is 10.8 Å². The van der Waals surface area contributed by atoms with Crippen LogP contribution in [0.2, 0.25) is 0 Å². The number of carbonyl (C=O) groups excluding carboxylic acids is 6. The summed E-state index contributed by atoms with van der Waals surface area (Å²) in [7, 11) is 1.58. The van der Waals surface area contributed by atoms with Gasteiger partial charge >= 0.3 is 24.7 Å². The van der Waals surface area contributed by atoms with Gasteiger partial charge in [0.15, 0.2) is 23.1 Å². The number of benzene rings is 4. The van der Waals surface area contributed by atoms with Crippen LogP contribution >= 0.6 is 0 Å². The van der Waals surface area contributed by atoms with Crippen molar-refractivity contribution >= 4 is 47.1 Å². The number of ketones is 4. The molecule has 21 heteroatoms. The van der Waals surface area contributed by atoms with Gasteiger partial charge in [-0.25, -0.2) is 5.48 Å². The molecule has 2 aliphatic rings. The molecular weight excluding hydrogens is 1030 g/mol. The number of amides is 2. The second kappa shape index (κ2) is 25.8. The van der Waals surface area contributed by atoms with Gasteiger partial charge in [0, 0.05) is 66.1 Å². The van der Waals surface area contributed by atoms with Crippen LogP contribution in [0, 0.1) is 0 Å². The Balaban J connectivity index is 0.000000281. The molecule has 2 amide bonds. The molecule has 0 atom stereocenters. The first kappa shape index (κ1) is 60.0. The van der Waals surface area contributed by atoms with Gasteiger partial charge in [-0.3, -0.25) is 34.0 Å². The average molecular weight is 1080 g/mol. The molecular formula is C55H52F12N2O7. The predicted octanol–water partition coefficient (Wildman–Crippen LogP) is 14.2. The summed E-state index contributed by atoms with van der Waals surface area (Å²) >= 11 is 0. The Hall–Kier alpha value is -6.90. The number of hydrogen-bond donors (Lipinski definition) is 3. The van der Waals surface area contributed by atoms with Crippen LogP contribution in [-0.2, 0) is 47.1 Å². The number of carbonyl (C=O) groups is 6. The summed E-state index contributed by atoms with van der Waals surface area (Å²) in [4.78, 5) is 73.3. The van der Waals surface area contributed by atoms with Crippen molar-refractivity contribution in [3.05, 3.63) is 151 Å². The highest BCUT2D eigenvalue weighted by molar-refractivity contribution is 6.14. The zero-order valence-electron chi connectivity index (χ0n) is 40.8. The van der Waals surface area contributed by atoms with E-state index in [1.165, 1.54) is 24.3 Å². The third-order valence-electron chi connectivity index (χ3n) is 12.7. The van der Waals surface area contributed by atoms with E-state index in [9.17, 15) is 81.5 Å². The van der Waals surface area contributed by atoms with E-state index < -0.39 is 64.4 Å². The number of alkyl halides is 12. The summed E-state index contributed by atoms with van der Waals surface area (Å²) in [6.45, 7) is 0. The minimum Gasteiger partial charge on any atom is -0.359 e. The molecule has 6 rings (SSSR count). The van der Waals surface area contributed by atoms with Gasteiger partial charge < -0.3 is 5.32 Å². The number of nitrogens with one attached hydrogen (secondary N) is 2. The SMILES string of the molecule is CNC(=O)CCCCCCC(=O)c1ccc2c(c1)CC/C(=C\c1cc(C(F)(F)F)cc(C(F)(F)F)c1)C2=O.O=C(CCCCCCC(=O)c1ccc2c(c1)CC/C(=C\c1cc(C(F)(F)F)cc(C(F)(F)F)c1)C2=O)NO. The van der Waals surface area contributed by atoms with Crippen LogP contribution in [0.3, 0.4) is 0 Å². The Labute approximate surface area is 428 Å². The molecule has 0 unspecified atom stereocenters. The van der Waals surface area contributed by atoms with E-state index in [0.717, 1.165) is 31.4 Å². The lowest BCUT2D eigenvalue weighted by molar-refractivity contribution is -0.144. The summed E-state index contributed by atoms with van der Waals surface area (Å²) in [6.07, 6.45) is -10.1. The topological polar surface area (TPSA) is 147 Å². The molecule has 76 heavy (non-hydrogen) atoms. The van der Waals surface area contributed by atoms with Gasteiger partial charge in [0.25, 0.3) is 0 Å². The van der Waals surface area contributed by atoms with E-state index in [2.05, 4.69) is 5.32 Å². The number of halogens is 12. The molecule has 0 saturated heterocycles. The first-order valence-corrected chi connectivity index (χ1v) is 24.1. The predicted molar refractivity (Wildman–Crippen MR) is 255 cm³/mol. The Morgan fingerprint density at radius 3 is 1.11 bits per heavy atom. The fraction of sp³-hybridized carbons (Fsp3) is 0.382. The van der Waals surface area contributed by atoms with Gasteiger partial charge in [-0.05, 0) is 134 Å². The number of unbranched alkanes of at least 4 members (excludes halogenated alkanes) is 6. The fourth-order valence-electron chi connectivity index (χ4n) is 8.62. The molecule has 2 aliphatic carbocycles. The van der Waals surface area contributed by atoms with Gasteiger partial charge in [0.1, 0.15) is 0 Å². The molecule has 0 heterocycles. The minimum absolute atomic E-state index is 0.0245. The molecule has 0 fully saturated rings. The summed E-state index contributed by atoms with van der Waals surface area (Å²) < 4.78 is 158. The van der Waals surface area contributed by atoms with Crippen LogP contribution in [0.25, 0.3) is 12.2 Å². The van der Waals surface area contributed by atoms with Crippen LogP contribution in [0.4, 0.5) is 52.7 Å². The van der Waals surface area contributed by atoms with Crippen LogP contribution in [0.1, 0.15) is 176 Å². The van der Waals surface area contributed by atoms with Gasteiger partial charge in [0.05, 0.1) is 22.3 Å². The number of Topliss-reactive ketones (excluding diaryl/α,β-unsaturated/α-hetero) is 4. The summed E-state index contributed by atoms with van der Waals surface area (Å²) in [5, 5.41) is 11.0. The van der Waals surface area contributed by atoms with E-state index in [0.29, 0.717) is 104 Å². The molecule has 0 radical (unpaired) electrons. The van der Waals surface area contributed by atoms with Crippen molar-refractivity contribution in [2.45, 2.75) is 127 Å². The standard InChI is InChI=1S/C28H27F6NO3.C27H25F6NO4/c1-35-25(37)7-5-3-2-4-6-24(36)19-10-11-23-18(15-19)8-9-20(26(23)38)12-17-13-21(27(29,30)31)16-22(14-17)28(32,33)34;28-26(29,30)20-12-16(13-21(15-20)27(31,32)33)11-19-8-7-17-14-18(9-10-22(17)25(19)37)23(35)5-3-1-2-4-6-24(36)34-38/h10-16H,2-9H2,1H3,(H,35,37);9-15,38H,1-8H2,(H,34,36)/b20-12+;19-11+. The molecule has 4 aromatic rings. The maximum Gasteiger partial charge on any atom is 0.416 e. The van der Waals surface area contributed by atoms with E-state index in [-0.39, 0.29) is 88.7 Å². The number of fused-ring (bicyclic) bond motifs is 2. The molecule has 4 aromatic carbocycles. The Morgan fingerprint density at radius 2 is 0.789 bits per heavy atom. The molecule has 0 spiro atoms. The smallest absolute Gasteiger partial charge is 0.359 e. The molecule has 0 aromatic heterocycles. The summed E-state index contributed by atoms with van der Waals surface area (Å²) in [5.74, 6) is -1.71. The summed E-state index contributed by atoms with van der Waals surface area (Å²) in [6, 6.07) is 11.6. The number of hydrogen-bond acceptors (Lipinski definition) is 7. The van der Waals surface area contributed by atoms with Crippen molar-refractivity contribution in [1.82, 2.24) is 10.8 Å². The van der Waals surface area contributed by atoms with E-state index in [4.69, 9.17) is 5.21 Å². The zero-order valence-corrected chi connectivity index (χ0v) is 40.8. The number of rotatable bonds is 18. The zero-order chi connectivity index (χ0) is 56.2. The third kappa shape index (κ3) is 17.1. The van der Waals surface area contributed by atoms with E-state index in [1.807, 2.05) is 0 Å².